The fourth-order valence-electron chi connectivity index (χ4n) is 3.45. The number of nitrogens with two attached hydrogens (primary N) is 1. The molecule has 0 saturated heterocycles. The number of allylic oxidation sites excluding steroid dienone is 1. The van der Waals surface area contributed by atoms with Crippen molar-refractivity contribution in [2.75, 3.05) is 12.3 Å². The molecule has 184 valence electrons. The number of aliphatic imine (C=N–C) groups is 1. The lowest BCUT2D eigenvalue weighted by atomic mass is 10.0. The van der Waals surface area contributed by atoms with Crippen molar-refractivity contribution in [2.24, 2.45) is 4.99 Å². The molecule has 1 heterocycles. The normalized spacial score (nSPS) is 12.9. The summed E-state index contributed by atoms with van der Waals surface area (Å²) in [6.07, 6.45) is 4.92. The van der Waals surface area contributed by atoms with Gasteiger partial charge in [-0.05, 0) is 61.4 Å². The highest BCUT2D eigenvalue weighted by molar-refractivity contribution is 6.02. The summed E-state index contributed by atoms with van der Waals surface area (Å²) in [6, 6.07) is 8.50. The Morgan fingerprint density at radius 2 is 2.14 bits per heavy atom. The molecular formula is C25H25FN8O2. The summed E-state index contributed by atoms with van der Waals surface area (Å²) < 4.78 is 14.1. The number of aryl methyl sites for hydroxylation is 1. The van der Waals surface area contributed by atoms with E-state index in [0.717, 1.165) is 11.8 Å². The Labute approximate surface area is 207 Å². The van der Waals surface area contributed by atoms with E-state index in [2.05, 4.69) is 20.9 Å². The number of nitrogens with zero attached hydrogens (tertiary/aromatic N) is 3. The Balaban J connectivity index is 1.97. The van der Waals surface area contributed by atoms with Gasteiger partial charge in [-0.1, -0.05) is 5.57 Å². The fraction of sp³-hybridized carbons (Fsp3) is 0.160. The highest BCUT2D eigenvalue weighted by atomic mass is 19.1. The van der Waals surface area contributed by atoms with E-state index in [9.17, 15) is 19.2 Å². The fourth-order valence-corrected chi connectivity index (χ4v) is 3.45. The molecule has 0 atom stereocenters. The third-order valence-electron chi connectivity index (χ3n) is 5.34. The summed E-state index contributed by atoms with van der Waals surface area (Å²) in [5.74, 6) is -0.791. The summed E-state index contributed by atoms with van der Waals surface area (Å²) in [5, 5.41) is 24.7. The maximum atomic E-state index is 14.1. The lowest BCUT2D eigenvalue weighted by Gasteiger charge is -2.27. The van der Waals surface area contributed by atoms with Crippen LogP contribution in [-0.2, 0) is 11.3 Å². The third kappa shape index (κ3) is 6.12. The van der Waals surface area contributed by atoms with Gasteiger partial charge in [0, 0.05) is 30.2 Å². The number of nitriles is 1. The molecule has 36 heavy (non-hydrogen) atoms. The highest BCUT2D eigenvalue weighted by Crippen LogP contribution is 2.22. The van der Waals surface area contributed by atoms with Crippen LogP contribution in [0.15, 0.2) is 58.9 Å². The number of carbonyl (C=O) groups excluding carboxylic acids is 2. The van der Waals surface area contributed by atoms with Crippen LogP contribution in [0.2, 0.25) is 0 Å². The van der Waals surface area contributed by atoms with Crippen LogP contribution in [0.4, 0.5) is 20.6 Å². The smallest absolute Gasteiger partial charge is 0.329 e. The first-order valence-electron chi connectivity index (χ1n) is 10.8. The summed E-state index contributed by atoms with van der Waals surface area (Å²) in [4.78, 5) is 30.3. The average molecular weight is 489 g/mol. The third-order valence-corrected chi connectivity index (χ3v) is 5.34. The zero-order chi connectivity index (χ0) is 26.2. The molecule has 2 aromatic carbocycles. The second-order valence-electron chi connectivity index (χ2n) is 8.01. The molecule has 10 nitrogen and oxygen atoms in total. The number of urea groups is 1. The Bertz CT molecular complexity index is 1340. The second kappa shape index (κ2) is 11.4. The Hall–Kier alpha value is -4.98. The summed E-state index contributed by atoms with van der Waals surface area (Å²) >= 11 is 0. The lowest BCUT2D eigenvalue weighted by Crippen LogP contribution is -2.47. The molecule has 0 unspecified atom stereocenters. The van der Waals surface area contributed by atoms with Crippen molar-refractivity contribution >= 4 is 36.0 Å². The largest absolute Gasteiger partial charge is 0.398 e. The Kier molecular flexibility index (Phi) is 8.14. The number of rotatable bonds is 6. The highest BCUT2D eigenvalue weighted by Gasteiger charge is 2.22. The van der Waals surface area contributed by atoms with Gasteiger partial charge in [-0.15, -0.1) is 0 Å². The minimum Gasteiger partial charge on any atom is -0.398 e. The molecule has 3 rings (SSSR count). The standard InChI is InChI=1S/C25H25FN8O2/c1-15-5-21(12-30-11-15)34(13-19-7-17(9-27)22(26)6-16(19)2)25(36)33-24(31-14-35)32-20-3-4-23(29)18(8-20)10-28/h3-8,10,12,14,28,30H,11,13,29H2,1-2H3,(H2,31,32,33,35,36). The molecule has 0 aliphatic carbocycles. The van der Waals surface area contributed by atoms with E-state index < -0.39 is 11.8 Å². The molecule has 0 aromatic heterocycles. The first kappa shape index (κ1) is 25.6. The minimum atomic E-state index is -0.638. The summed E-state index contributed by atoms with van der Waals surface area (Å²) in [5.41, 5.74) is 9.46. The second-order valence-corrected chi connectivity index (χ2v) is 8.01. The average Bonchev–Trinajstić information content (AvgIpc) is 2.84. The predicted molar refractivity (Wildman–Crippen MR) is 135 cm³/mol. The molecule has 0 spiro atoms. The number of dihydropyridines is 1. The van der Waals surface area contributed by atoms with Crippen molar-refractivity contribution < 1.29 is 14.0 Å². The number of guanidine groups is 1. The van der Waals surface area contributed by atoms with E-state index in [1.54, 1.807) is 25.3 Å². The molecule has 0 saturated carbocycles. The molecule has 3 amide bonds. The van der Waals surface area contributed by atoms with Gasteiger partial charge in [0.15, 0.2) is 0 Å². The van der Waals surface area contributed by atoms with Crippen LogP contribution in [-0.4, -0.2) is 36.1 Å². The molecule has 0 fully saturated rings. The van der Waals surface area contributed by atoms with E-state index >= 15 is 0 Å². The number of benzene rings is 2. The first-order chi connectivity index (χ1) is 17.2. The molecule has 11 heteroatoms. The molecular weight excluding hydrogens is 463 g/mol. The van der Waals surface area contributed by atoms with Crippen molar-refractivity contribution in [1.82, 2.24) is 20.9 Å². The summed E-state index contributed by atoms with van der Waals surface area (Å²) in [6.45, 7) is 4.21. The van der Waals surface area contributed by atoms with Gasteiger partial charge in [0.25, 0.3) is 0 Å². The summed E-state index contributed by atoms with van der Waals surface area (Å²) in [7, 11) is 0. The monoisotopic (exact) mass is 488 g/mol. The van der Waals surface area contributed by atoms with E-state index in [0.29, 0.717) is 46.7 Å². The van der Waals surface area contributed by atoms with Crippen LogP contribution in [0.5, 0.6) is 0 Å². The van der Waals surface area contributed by atoms with E-state index in [-0.39, 0.29) is 18.1 Å². The molecule has 1 aliphatic rings. The van der Waals surface area contributed by atoms with Gasteiger partial charge in [0.1, 0.15) is 11.9 Å². The Morgan fingerprint density at radius 3 is 2.81 bits per heavy atom. The number of halogens is 1. The lowest BCUT2D eigenvalue weighted by molar-refractivity contribution is -0.108. The SMILES string of the molecule is CC1=CC(N(Cc2cc(C#N)c(F)cc2C)C(=O)NC(=Nc2ccc(N)c(C=N)c2)NC=O)=CNC1. The van der Waals surface area contributed by atoms with Crippen LogP contribution in [0, 0.1) is 29.5 Å². The molecule has 2 aromatic rings. The minimum absolute atomic E-state index is 0.0120. The molecule has 0 radical (unpaired) electrons. The number of hydrogen-bond donors (Lipinski definition) is 5. The van der Waals surface area contributed by atoms with E-state index in [4.69, 9.17) is 11.1 Å². The van der Waals surface area contributed by atoms with Gasteiger partial charge >= 0.3 is 6.03 Å². The number of nitrogen functional groups attached to an aromatic ring is 1. The number of hydrogen-bond acceptors (Lipinski definition) is 7. The van der Waals surface area contributed by atoms with Gasteiger partial charge in [-0.2, -0.15) is 5.26 Å². The van der Waals surface area contributed by atoms with Crippen molar-refractivity contribution in [3.8, 4) is 6.07 Å². The van der Waals surface area contributed by atoms with Crippen LogP contribution in [0.3, 0.4) is 0 Å². The van der Waals surface area contributed by atoms with Gasteiger partial charge in [-0.3, -0.25) is 20.3 Å². The van der Waals surface area contributed by atoms with Gasteiger partial charge in [0.2, 0.25) is 12.4 Å². The zero-order valence-corrected chi connectivity index (χ0v) is 19.7. The van der Waals surface area contributed by atoms with Crippen molar-refractivity contribution in [2.45, 2.75) is 20.4 Å². The quantitative estimate of drug-likeness (QED) is 0.183. The Morgan fingerprint density at radius 1 is 1.36 bits per heavy atom. The predicted octanol–water partition coefficient (Wildman–Crippen LogP) is 2.92. The van der Waals surface area contributed by atoms with Crippen LogP contribution < -0.4 is 21.7 Å². The maximum Gasteiger partial charge on any atom is 0.329 e. The number of nitrogens with one attached hydrogen (secondary N) is 4. The number of carbonyl (C=O) groups is 2. The van der Waals surface area contributed by atoms with Gasteiger partial charge < -0.3 is 16.5 Å². The zero-order valence-electron chi connectivity index (χ0n) is 19.7. The van der Waals surface area contributed by atoms with Crippen molar-refractivity contribution in [3.63, 3.8) is 0 Å². The molecule has 1 aliphatic heterocycles. The van der Waals surface area contributed by atoms with Crippen LogP contribution >= 0.6 is 0 Å². The van der Waals surface area contributed by atoms with Gasteiger partial charge in [0.05, 0.1) is 23.5 Å². The molecule has 6 N–H and O–H groups in total. The van der Waals surface area contributed by atoms with Gasteiger partial charge in [-0.25, -0.2) is 14.2 Å². The molecule has 0 bridgehead atoms. The topological polar surface area (TPSA) is 159 Å². The maximum absolute atomic E-state index is 14.1. The number of anilines is 1. The van der Waals surface area contributed by atoms with Crippen LogP contribution in [0.25, 0.3) is 0 Å². The van der Waals surface area contributed by atoms with E-state index in [1.165, 1.54) is 23.1 Å². The van der Waals surface area contributed by atoms with E-state index in [1.807, 2.05) is 19.1 Å². The van der Waals surface area contributed by atoms with Crippen molar-refractivity contribution in [3.05, 3.63) is 81.9 Å². The van der Waals surface area contributed by atoms with Crippen molar-refractivity contribution in [1.29, 1.82) is 10.7 Å². The first-order valence-corrected chi connectivity index (χ1v) is 10.8. The van der Waals surface area contributed by atoms with Crippen LogP contribution in [0.1, 0.15) is 29.2 Å². The number of amides is 3.